The van der Waals surface area contributed by atoms with Crippen molar-refractivity contribution >= 4 is 50.6 Å². The van der Waals surface area contributed by atoms with Crippen LogP contribution in [0.15, 0.2) is 48.7 Å². The third kappa shape index (κ3) is 8.51. The van der Waals surface area contributed by atoms with Gasteiger partial charge in [0.25, 0.3) is 11.8 Å². The van der Waals surface area contributed by atoms with E-state index in [1.807, 2.05) is 18.2 Å². The smallest absolute Gasteiger partial charge is 0.408 e. The second kappa shape index (κ2) is 14.2. The highest BCUT2D eigenvalue weighted by Crippen LogP contribution is 2.46. The van der Waals surface area contributed by atoms with Crippen LogP contribution in [0.4, 0.5) is 4.79 Å². The van der Waals surface area contributed by atoms with Crippen molar-refractivity contribution in [1.82, 2.24) is 30.6 Å². The largest absolute Gasteiger partial charge is 0.444 e. The first-order chi connectivity index (χ1) is 24.1. The number of amides is 5. The average Bonchev–Trinajstić information content (AvgIpc) is 3.99. The molecule has 14 nitrogen and oxygen atoms in total. The maximum Gasteiger partial charge on any atom is 0.408 e. The minimum atomic E-state index is -3.89. The van der Waals surface area contributed by atoms with Crippen molar-refractivity contribution in [2.45, 2.75) is 113 Å². The number of carbonyl (C=O) groups is 5. The SMILES string of the molecule is CC(C)(C)OC(=O)N[C@H]1CCCCC/C=C\[C@@H]2C[C@@]2(C(=O)NS(=O)(=O)C2CC2)NC(=O)[C@@H]2C[C@@H](NC(=O)c3ccc4ncccc4c3)CN2C1=O. The molecule has 274 valence electrons. The Labute approximate surface area is 297 Å². The number of ether oxygens (including phenoxy) is 1. The summed E-state index contributed by atoms with van der Waals surface area (Å²) in [6, 6.07) is 5.90. The highest BCUT2D eigenvalue weighted by atomic mass is 32.2. The third-order valence-corrected chi connectivity index (χ3v) is 11.6. The lowest BCUT2D eigenvalue weighted by Crippen LogP contribution is -2.58. The van der Waals surface area contributed by atoms with Gasteiger partial charge >= 0.3 is 6.09 Å². The average molecular weight is 723 g/mol. The molecule has 51 heavy (non-hydrogen) atoms. The fourth-order valence-electron chi connectivity index (χ4n) is 6.84. The number of alkyl carbamates (subject to hydrolysis) is 1. The number of hydrogen-bond donors (Lipinski definition) is 4. The zero-order valence-corrected chi connectivity index (χ0v) is 30.0. The number of rotatable bonds is 6. The number of allylic oxidation sites excluding steroid dienone is 1. The Morgan fingerprint density at radius 2 is 1.82 bits per heavy atom. The predicted molar refractivity (Wildman–Crippen MR) is 188 cm³/mol. The first kappa shape index (κ1) is 36.3. The summed E-state index contributed by atoms with van der Waals surface area (Å²) in [6.07, 6.45) is 8.93. The van der Waals surface area contributed by atoms with E-state index in [2.05, 4.69) is 25.7 Å². The van der Waals surface area contributed by atoms with Gasteiger partial charge in [-0.1, -0.05) is 31.1 Å². The zero-order chi connectivity index (χ0) is 36.6. The normalized spacial score (nSPS) is 27.9. The Kier molecular flexibility index (Phi) is 10.1. The van der Waals surface area contributed by atoms with E-state index in [0.717, 1.165) is 23.7 Å². The lowest BCUT2D eigenvalue weighted by atomic mass is 10.0. The summed E-state index contributed by atoms with van der Waals surface area (Å²) in [6.45, 7) is 5.10. The summed E-state index contributed by atoms with van der Waals surface area (Å²) in [5.41, 5.74) is -1.23. The first-order valence-corrected chi connectivity index (χ1v) is 19.2. The standard InChI is InChI=1S/C36H46N6O8S/c1-35(2,3)50-34(47)39-28-12-8-6-4-5-7-11-24-20-36(24,33(46)41-51(48,49)26-14-15-26)40-31(44)29-19-25(21-42(29)32(28)45)38-30(43)23-13-16-27-22(18-23)10-9-17-37-27/h7,9-11,13,16-18,24-26,28-29H,4-6,8,12,14-15,19-21H2,1-3H3,(H,38,43)(H,39,47)(H,40,44)(H,41,46)/b11-7-/t24-,25-,28+,29+,36-/m1/s1. The summed E-state index contributed by atoms with van der Waals surface area (Å²) in [5.74, 6) is -2.83. The minimum Gasteiger partial charge on any atom is -0.444 e. The third-order valence-electron chi connectivity index (χ3n) is 9.77. The van der Waals surface area contributed by atoms with E-state index in [0.29, 0.717) is 37.7 Å². The van der Waals surface area contributed by atoms with Crippen LogP contribution >= 0.6 is 0 Å². The molecular weight excluding hydrogens is 676 g/mol. The van der Waals surface area contributed by atoms with Gasteiger partial charge in [0.15, 0.2) is 0 Å². The lowest BCUT2D eigenvalue weighted by molar-refractivity contribution is -0.141. The van der Waals surface area contributed by atoms with Gasteiger partial charge in [0.2, 0.25) is 21.8 Å². The summed E-state index contributed by atoms with van der Waals surface area (Å²) in [5, 5.41) is 8.63. The van der Waals surface area contributed by atoms with E-state index in [4.69, 9.17) is 4.74 Å². The van der Waals surface area contributed by atoms with Crippen molar-refractivity contribution in [3.63, 3.8) is 0 Å². The topological polar surface area (TPSA) is 193 Å². The molecule has 3 heterocycles. The molecule has 15 heteroatoms. The van der Waals surface area contributed by atoms with Gasteiger partial charge in [0.1, 0.15) is 23.2 Å². The predicted octanol–water partition coefficient (Wildman–Crippen LogP) is 2.83. The Balaban J connectivity index is 1.27. The highest BCUT2D eigenvalue weighted by Gasteiger charge is 2.62. The molecule has 2 aromatic rings. The molecule has 0 bridgehead atoms. The van der Waals surface area contributed by atoms with Gasteiger partial charge in [-0.3, -0.25) is 28.9 Å². The number of fused-ring (bicyclic) bond motifs is 3. The molecule has 0 radical (unpaired) electrons. The van der Waals surface area contributed by atoms with Crippen molar-refractivity contribution < 1.29 is 37.1 Å². The van der Waals surface area contributed by atoms with Crippen molar-refractivity contribution in [3.05, 3.63) is 54.2 Å². The molecule has 1 aromatic carbocycles. The van der Waals surface area contributed by atoms with Crippen molar-refractivity contribution in [2.75, 3.05) is 6.54 Å². The van der Waals surface area contributed by atoms with Gasteiger partial charge < -0.3 is 25.6 Å². The molecule has 2 aliphatic heterocycles. The minimum absolute atomic E-state index is 0.0240. The summed E-state index contributed by atoms with van der Waals surface area (Å²) in [7, 11) is -3.89. The van der Waals surface area contributed by atoms with Gasteiger partial charge in [-0.25, -0.2) is 13.2 Å². The molecular formula is C36H46N6O8S. The number of nitrogens with one attached hydrogen (secondary N) is 4. The maximum absolute atomic E-state index is 14.3. The monoisotopic (exact) mass is 722 g/mol. The summed E-state index contributed by atoms with van der Waals surface area (Å²) >= 11 is 0. The zero-order valence-electron chi connectivity index (χ0n) is 29.1. The number of carbonyl (C=O) groups excluding carboxylic acids is 5. The molecule has 5 amide bonds. The fraction of sp³-hybridized carbons (Fsp3) is 0.556. The van der Waals surface area contributed by atoms with Gasteiger partial charge in [-0.15, -0.1) is 0 Å². The molecule has 0 unspecified atom stereocenters. The molecule has 5 atom stereocenters. The van der Waals surface area contributed by atoms with E-state index < -0.39 is 80.2 Å². The van der Waals surface area contributed by atoms with Crippen LogP contribution in [0.5, 0.6) is 0 Å². The number of nitrogens with zero attached hydrogens (tertiary/aromatic N) is 2. The van der Waals surface area contributed by atoms with E-state index in [9.17, 15) is 32.4 Å². The molecule has 4 aliphatic rings. The van der Waals surface area contributed by atoms with Crippen LogP contribution in [0.2, 0.25) is 0 Å². The Morgan fingerprint density at radius 1 is 1.04 bits per heavy atom. The van der Waals surface area contributed by atoms with E-state index in [1.165, 1.54) is 4.90 Å². The van der Waals surface area contributed by atoms with Crippen molar-refractivity contribution in [1.29, 1.82) is 0 Å². The van der Waals surface area contributed by atoms with Crippen LogP contribution in [0.1, 0.15) is 88.9 Å². The Bertz CT molecular complexity index is 1850. The number of aromatic nitrogens is 1. The second-order valence-corrected chi connectivity index (χ2v) is 17.0. The van der Waals surface area contributed by atoms with E-state index >= 15 is 0 Å². The fourth-order valence-corrected chi connectivity index (χ4v) is 8.20. The van der Waals surface area contributed by atoms with Crippen LogP contribution in [-0.4, -0.2) is 89.1 Å². The van der Waals surface area contributed by atoms with Crippen LogP contribution in [0, 0.1) is 5.92 Å². The van der Waals surface area contributed by atoms with Crippen molar-refractivity contribution in [2.24, 2.45) is 5.92 Å². The van der Waals surface area contributed by atoms with Gasteiger partial charge in [-0.2, -0.15) is 0 Å². The van der Waals surface area contributed by atoms with E-state index in [-0.39, 0.29) is 19.4 Å². The molecule has 3 fully saturated rings. The van der Waals surface area contributed by atoms with Gasteiger partial charge in [0.05, 0.1) is 10.8 Å². The van der Waals surface area contributed by atoms with Gasteiger partial charge in [0, 0.05) is 35.7 Å². The Morgan fingerprint density at radius 3 is 2.57 bits per heavy atom. The van der Waals surface area contributed by atoms with E-state index in [1.54, 1.807) is 51.2 Å². The number of pyridine rings is 1. The first-order valence-electron chi connectivity index (χ1n) is 17.7. The van der Waals surface area contributed by atoms with Crippen LogP contribution < -0.4 is 20.7 Å². The Hall–Kier alpha value is -4.53. The van der Waals surface area contributed by atoms with Gasteiger partial charge in [-0.05, 0) is 90.0 Å². The second-order valence-electron chi connectivity index (χ2n) is 15.0. The molecule has 2 saturated carbocycles. The molecule has 1 aromatic heterocycles. The summed E-state index contributed by atoms with van der Waals surface area (Å²) in [4.78, 5) is 74.1. The summed E-state index contributed by atoms with van der Waals surface area (Å²) < 4.78 is 33.2. The molecule has 6 rings (SSSR count). The maximum atomic E-state index is 14.3. The van der Waals surface area contributed by atoms with Crippen LogP contribution in [0.25, 0.3) is 10.9 Å². The number of hydrogen-bond acceptors (Lipinski definition) is 9. The molecule has 2 aliphatic carbocycles. The lowest BCUT2D eigenvalue weighted by Gasteiger charge is -2.30. The van der Waals surface area contributed by atoms with Crippen molar-refractivity contribution in [3.8, 4) is 0 Å². The van der Waals surface area contributed by atoms with Crippen LogP contribution in [-0.2, 0) is 29.1 Å². The molecule has 4 N–H and O–H groups in total. The van der Waals surface area contributed by atoms with Crippen LogP contribution in [0.3, 0.4) is 0 Å². The molecule has 0 spiro atoms. The molecule has 1 saturated heterocycles. The number of benzene rings is 1. The highest BCUT2D eigenvalue weighted by molar-refractivity contribution is 7.91. The quantitative estimate of drug-likeness (QED) is 0.325. The number of sulfonamides is 1.